The first kappa shape index (κ1) is 34.5. The minimum absolute atomic E-state index is 0.0267. The van der Waals surface area contributed by atoms with Gasteiger partial charge in [-0.1, -0.05) is 37.3 Å². The smallest absolute Gasteiger partial charge is 0.227 e. The van der Waals surface area contributed by atoms with Crippen molar-refractivity contribution < 1.29 is 14.6 Å². The number of nitrogens with one attached hydrogen (secondary N) is 1. The molecule has 2 N–H and O–H groups in total. The molecule has 2 aliphatic rings. The molecule has 0 saturated carbocycles. The Morgan fingerprint density at radius 1 is 0.956 bits per heavy atom. The van der Waals surface area contributed by atoms with Crippen LogP contribution in [0.25, 0.3) is 22.6 Å². The molecule has 5 rings (SSSR count). The highest BCUT2D eigenvalue weighted by Crippen LogP contribution is 2.29. The predicted octanol–water partition coefficient (Wildman–Crippen LogP) is 5.54. The van der Waals surface area contributed by atoms with Crippen molar-refractivity contribution in [1.82, 2.24) is 19.8 Å². The second-order valence-corrected chi connectivity index (χ2v) is 12.6. The number of aliphatic hydroxyl groups is 1. The number of hydrogen-bond donors (Lipinski definition) is 2. The zero-order valence-electron chi connectivity index (χ0n) is 28.0. The molecular weight excluding hydrogens is 564 g/mol. The summed E-state index contributed by atoms with van der Waals surface area (Å²) in [7, 11) is 2.09. The highest BCUT2D eigenvalue weighted by Gasteiger charge is 2.24. The summed E-state index contributed by atoms with van der Waals surface area (Å²) in [4.78, 5) is 29.6. The van der Waals surface area contributed by atoms with Gasteiger partial charge in [0.1, 0.15) is 5.82 Å². The second kappa shape index (κ2) is 16.8. The van der Waals surface area contributed by atoms with Gasteiger partial charge in [-0.3, -0.25) is 9.69 Å². The van der Waals surface area contributed by atoms with Crippen LogP contribution in [0.4, 0.5) is 11.5 Å². The monoisotopic (exact) mass is 616 g/mol. The van der Waals surface area contributed by atoms with E-state index in [1.807, 2.05) is 54.6 Å². The van der Waals surface area contributed by atoms with Crippen LogP contribution in [0.15, 0.2) is 54.6 Å². The van der Waals surface area contributed by atoms with Crippen LogP contribution in [-0.4, -0.2) is 95.9 Å². The van der Waals surface area contributed by atoms with Crippen LogP contribution < -0.4 is 10.2 Å². The molecule has 0 bridgehead atoms. The molecule has 2 aliphatic heterocycles. The van der Waals surface area contributed by atoms with Crippen LogP contribution in [0.1, 0.15) is 53.0 Å². The fraction of sp³-hybridized carbons (Fsp3) is 0.528. The molecular formula is C36H52N6O3. The van der Waals surface area contributed by atoms with Crippen LogP contribution in [0.5, 0.6) is 0 Å². The van der Waals surface area contributed by atoms with Crippen LogP contribution in [0, 0.1) is 5.92 Å². The van der Waals surface area contributed by atoms with Crippen molar-refractivity contribution in [2.45, 2.75) is 66.2 Å². The molecule has 0 aliphatic carbocycles. The van der Waals surface area contributed by atoms with Gasteiger partial charge >= 0.3 is 0 Å². The predicted molar refractivity (Wildman–Crippen MR) is 183 cm³/mol. The maximum atomic E-state index is 12.9. The Balaban J connectivity index is 0.000000448. The van der Waals surface area contributed by atoms with E-state index in [1.54, 1.807) is 0 Å². The van der Waals surface area contributed by atoms with Gasteiger partial charge in [0.25, 0.3) is 0 Å². The lowest BCUT2D eigenvalue weighted by molar-refractivity contribution is -0.121. The summed E-state index contributed by atoms with van der Waals surface area (Å²) < 4.78 is 5.53. The summed E-state index contributed by atoms with van der Waals surface area (Å²) in [6, 6.07) is 18.9. The third kappa shape index (κ3) is 9.81. The van der Waals surface area contributed by atoms with E-state index in [0.29, 0.717) is 31.1 Å². The number of hydrogen-bond acceptors (Lipinski definition) is 8. The second-order valence-electron chi connectivity index (χ2n) is 12.6. The topological polar surface area (TPSA) is 94.1 Å². The van der Waals surface area contributed by atoms with Crippen molar-refractivity contribution in [3.8, 4) is 22.6 Å². The molecule has 3 heterocycles. The number of likely N-dealkylation sites (tertiary alicyclic amines) is 1. The number of benzene rings is 2. The molecule has 45 heavy (non-hydrogen) atoms. The first-order valence-electron chi connectivity index (χ1n) is 16.5. The minimum Gasteiger partial charge on any atom is -0.392 e. The number of carbonyl (C=O) groups excluding carboxylic acids is 1. The molecule has 2 aromatic carbocycles. The van der Waals surface area contributed by atoms with Crippen LogP contribution >= 0.6 is 0 Å². The Bertz CT molecular complexity index is 1360. The van der Waals surface area contributed by atoms with E-state index in [-0.39, 0.29) is 18.4 Å². The zero-order valence-corrected chi connectivity index (χ0v) is 28.0. The number of ether oxygens (including phenoxy) is 1. The molecule has 3 aromatic rings. The zero-order chi connectivity index (χ0) is 32.3. The number of aromatic nitrogens is 2. The van der Waals surface area contributed by atoms with Gasteiger partial charge in [0.05, 0.1) is 25.5 Å². The summed E-state index contributed by atoms with van der Waals surface area (Å²) in [6.07, 6.45) is 1.76. The lowest BCUT2D eigenvalue weighted by atomic mass is 9.96. The number of aliphatic hydroxyl groups excluding tert-OH is 1. The van der Waals surface area contributed by atoms with Crippen molar-refractivity contribution in [2.75, 3.05) is 63.2 Å². The van der Waals surface area contributed by atoms with E-state index in [1.165, 1.54) is 0 Å². The Morgan fingerprint density at radius 2 is 1.62 bits per heavy atom. The van der Waals surface area contributed by atoms with Crippen LogP contribution in [-0.2, 0) is 16.1 Å². The molecule has 2 fully saturated rings. The van der Waals surface area contributed by atoms with Gasteiger partial charge in [0.2, 0.25) is 5.91 Å². The molecule has 0 atom stereocenters. The van der Waals surface area contributed by atoms with Crippen LogP contribution in [0.2, 0.25) is 0 Å². The third-order valence-corrected chi connectivity index (χ3v) is 8.62. The standard InChI is InChI=1S/C28H33N5O3.C8H19N/c1-32-10-8-21(9-11-32)28(35)29-24-7-3-6-23(17-24)27-30-25(22-5-2-4-20(16-22)19-34)18-26(31-27)33-12-14-36-15-13-33;1-6-9(7(2)3)8(4)5/h2-7,16-18,21,34H,8-15,19H2,1H3,(H,29,35);7-8H,6H2,1-5H3. The number of piperidine rings is 1. The molecule has 1 amide bonds. The van der Waals surface area contributed by atoms with Crippen molar-refractivity contribution in [2.24, 2.45) is 5.92 Å². The maximum absolute atomic E-state index is 12.9. The van der Waals surface area contributed by atoms with Crippen molar-refractivity contribution in [3.05, 3.63) is 60.2 Å². The van der Waals surface area contributed by atoms with E-state index in [0.717, 1.165) is 79.5 Å². The van der Waals surface area contributed by atoms with Gasteiger partial charge in [-0.25, -0.2) is 9.97 Å². The van der Waals surface area contributed by atoms with E-state index in [4.69, 9.17) is 14.7 Å². The molecule has 0 unspecified atom stereocenters. The van der Waals surface area contributed by atoms with Gasteiger partial charge in [-0.2, -0.15) is 0 Å². The number of rotatable bonds is 9. The largest absolute Gasteiger partial charge is 0.392 e. The quantitative estimate of drug-likeness (QED) is 0.324. The average molecular weight is 617 g/mol. The van der Waals surface area contributed by atoms with E-state index < -0.39 is 0 Å². The van der Waals surface area contributed by atoms with Crippen molar-refractivity contribution in [1.29, 1.82) is 0 Å². The van der Waals surface area contributed by atoms with Gasteiger partial charge < -0.3 is 25.0 Å². The van der Waals surface area contributed by atoms with Gasteiger partial charge in [-0.05, 0) is 91.0 Å². The Labute approximate surface area is 269 Å². The highest BCUT2D eigenvalue weighted by molar-refractivity contribution is 5.93. The normalized spacial score (nSPS) is 16.2. The number of amides is 1. The summed E-state index contributed by atoms with van der Waals surface area (Å²) in [6.45, 7) is 17.0. The molecule has 2 saturated heterocycles. The molecule has 244 valence electrons. The molecule has 0 spiro atoms. The number of carbonyl (C=O) groups is 1. The summed E-state index contributed by atoms with van der Waals surface area (Å²) in [5.41, 5.74) is 4.13. The summed E-state index contributed by atoms with van der Waals surface area (Å²) in [5, 5.41) is 12.7. The Kier molecular flexibility index (Phi) is 12.9. The van der Waals surface area contributed by atoms with Gasteiger partial charge in [-0.15, -0.1) is 0 Å². The minimum atomic E-state index is -0.0267. The third-order valence-electron chi connectivity index (χ3n) is 8.62. The lowest BCUT2D eigenvalue weighted by Crippen LogP contribution is -2.36. The maximum Gasteiger partial charge on any atom is 0.227 e. The first-order chi connectivity index (χ1) is 21.7. The number of morpholine rings is 1. The highest BCUT2D eigenvalue weighted by atomic mass is 16.5. The van der Waals surface area contributed by atoms with E-state index >= 15 is 0 Å². The summed E-state index contributed by atoms with van der Waals surface area (Å²) >= 11 is 0. The SMILES string of the molecule is CCN(C(C)C)C(C)C.CN1CCC(C(=O)Nc2cccc(-c3nc(-c4cccc(CO)c4)cc(N4CCOCC4)n3)c2)CC1. The van der Waals surface area contributed by atoms with Crippen molar-refractivity contribution in [3.63, 3.8) is 0 Å². The Morgan fingerprint density at radius 3 is 2.24 bits per heavy atom. The average Bonchev–Trinajstić information content (AvgIpc) is 3.05. The number of anilines is 2. The lowest BCUT2D eigenvalue weighted by Gasteiger charge is -2.28. The fourth-order valence-corrected chi connectivity index (χ4v) is 6.07. The molecule has 1 aromatic heterocycles. The van der Waals surface area contributed by atoms with Gasteiger partial charge in [0, 0.05) is 54.0 Å². The number of nitrogens with zero attached hydrogens (tertiary/aromatic N) is 5. The van der Waals surface area contributed by atoms with Crippen molar-refractivity contribution >= 4 is 17.4 Å². The van der Waals surface area contributed by atoms with Crippen LogP contribution in [0.3, 0.4) is 0 Å². The molecule has 9 nitrogen and oxygen atoms in total. The molecule has 9 heteroatoms. The molecule has 0 radical (unpaired) electrons. The van der Waals surface area contributed by atoms with Gasteiger partial charge in [0.15, 0.2) is 5.82 Å². The Hall–Kier alpha value is -3.37. The van der Waals surface area contributed by atoms with E-state index in [9.17, 15) is 9.90 Å². The first-order valence-corrected chi connectivity index (χ1v) is 16.5. The fourth-order valence-electron chi connectivity index (χ4n) is 6.07. The van der Waals surface area contributed by atoms with E-state index in [2.05, 4.69) is 61.7 Å². The summed E-state index contributed by atoms with van der Waals surface area (Å²) in [5.74, 6) is 1.55.